The number of hydrogen-bond acceptors (Lipinski definition) is 22. The summed E-state index contributed by atoms with van der Waals surface area (Å²) in [7, 11) is -16.8. The van der Waals surface area contributed by atoms with Crippen LogP contribution in [-0.4, -0.2) is 182 Å². The summed E-state index contributed by atoms with van der Waals surface area (Å²) in [4.78, 5) is 80.2. The molecule has 0 bridgehead atoms. The van der Waals surface area contributed by atoms with E-state index in [-0.39, 0.29) is 91.4 Å². The van der Waals surface area contributed by atoms with Crippen LogP contribution in [0.5, 0.6) is 0 Å². The molecule has 28 nitrogen and oxygen atoms in total. The summed E-state index contributed by atoms with van der Waals surface area (Å²) in [6.07, 6.45) is 17.2. The van der Waals surface area contributed by atoms with E-state index in [4.69, 9.17) is 25.5 Å². The van der Waals surface area contributed by atoms with Crippen molar-refractivity contribution in [3.63, 3.8) is 0 Å². The zero-order valence-electron chi connectivity index (χ0n) is 93.2. The van der Waals surface area contributed by atoms with Crippen molar-refractivity contribution < 1.29 is 91.6 Å². The monoisotopic (exact) mass is 2090 g/mol. The maximum atomic E-state index is 12.1. The van der Waals surface area contributed by atoms with Crippen LogP contribution in [0, 0.1) is 0 Å². The largest absolute Gasteiger partial charge is 0.481 e. The van der Waals surface area contributed by atoms with Gasteiger partial charge in [-0.15, -0.1) is 11.3 Å². The van der Waals surface area contributed by atoms with Gasteiger partial charge < -0.3 is 35.1 Å². The number of carboxylic acids is 5. The van der Waals surface area contributed by atoms with E-state index in [0.29, 0.717) is 66.6 Å². The van der Waals surface area contributed by atoms with Crippen molar-refractivity contribution >= 4 is 109 Å². The minimum atomic E-state index is -3.38. The fraction of sp³-hybridized carbons (Fsp3) is 0.538. The molecule has 140 heavy (non-hydrogen) atoms. The second kappa shape index (κ2) is 116. The van der Waals surface area contributed by atoms with E-state index in [0.717, 1.165) is 16.3 Å². The number of aromatic amines is 1. The van der Waals surface area contributed by atoms with Gasteiger partial charge >= 0.3 is 29.8 Å². The van der Waals surface area contributed by atoms with Gasteiger partial charge in [-0.2, -0.15) is 0 Å². The van der Waals surface area contributed by atoms with Crippen LogP contribution < -0.4 is 0 Å². The molecule has 0 aliphatic carbocycles. The maximum Gasteiger partial charge on any atom is 0.307 e. The topological polar surface area (TPSA) is 454 Å². The zero-order valence-corrected chi connectivity index (χ0v) is 98.1. The molecule has 2 aliphatic rings. The molecule has 5 heterocycles. The Morgan fingerprint density at radius 2 is 0.650 bits per heavy atom. The number of H-pyrrole nitrogens is 1. The molecule has 810 valence electrons. The Hall–Kier alpha value is -10.0. The average Bonchev–Trinajstić information content (AvgIpc) is 1.02. The number of nitrogens with zero attached hydrogens (tertiary/aromatic N) is 7. The van der Waals surface area contributed by atoms with E-state index in [2.05, 4.69) is 34.9 Å². The number of imidazole rings is 2. The number of allylic oxidation sites excluding steroid dienone is 1. The van der Waals surface area contributed by atoms with Crippen molar-refractivity contribution in [3.8, 4) is 0 Å². The van der Waals surface area contributed by atoms with Crippen molar-refractivity contribution in [2.24, 2.45) is 15.0 Å². The highest BCUT2D eigenvalue weighted by Gasteiger charge is 2.21. The number of carbonyl (C=O) groups is 5. The summed E-state index contributed by atoms with van der Waals surface area (Å²) in [5.41, 5.74) is 4.66. The Balaban J connectivity index is -0.0000000981. The smallest absolute Gasteiger partial charge is 0.307 e. The molecular formula is C106H190N8O20S6. The highest BCUT2D eigenvalue weighted by Crippen LogP contribution is 2.21. The van der Waals surface area contributed by atoms with Gasteiger partial charge in [0.25, 0.3) is 0 Å². The van der Waals surface area contributed by atoms with Crippen LogP contribution >= 0.6 is 11.3 Å². The van der Waals surface area contributed by atoms with E-state index in [1.54, 1.807) is 60.2 Å². The van der Waals surface area contributed by atoms with Crippen molar-refractivity contribution in [2.75, 3.05) is 35.3 Å². The molecule has 8 aromatic rings. The predicted octanol–water partition coefficient (Wildman–Crippen LogP) is 26.8. The first-order valence-electron chi connectivity index (χ1n) is 50.1. The first kappa shape index (κ1) is 164. The minimum absolute atomic E-state index is 0.00120. The summed E-state index contributed by atoms with van der Waals surface area (Å²) in [5.74, 6) is -4.73. The number of rotatable bonds is 30. The lowest BCUT2D eigenvalue weighted by Crippen LogP contribution is -2.13. The normalized spacial score (nSPS) is 10.3. The molecule has 0 amide bonds. The second-order valence-corrected chi connectivity index (χ2v) is 33.5. The third-order valence-electron chi connectivity index (χ3n) is 14.3. The van der Waals surface area contributed by atoms with Crippen LogP contribution in [0.4, 0.5) is 0 Å². The summed E-state index contributed by atoms with van der Waals surface area (Å²) >= 11 is 1.43. The number of thiazole rings is 1. The molecule has 2 aliphatic heterocycles. The van der Waals surface area contributed by atoms with Crippen molar-refractivity contribution in [1.82, 2.24) is 24.5 Å². The molecule has 1 unspecified atom stereocenters. The average molecular weight is 2090 g/mol. The molecule has 0 saturated heterocycles. The maximum absolute atomic E-state index is 12.1. The molecule has 0 fully saturated rings. The van der Waals surface area contributed by atoms with Crippen molar-refractivity contribution in [1.29, 1.82) is 0 Å². The first-order valence-corrected chi connectivity index (χ1v) is 59.2. The molecule has 34 heteroatoms. The molecule has 0 radical (unpaired) electrons. The Labute approximate surface area is 855 Å². The van der Waals surface area contributed by atoms with Gasteiger partial charge in [0.2, 0.25) is 0 Å². The van der Waals surface area contributed by atoms with Gasteiger partial charge in [0, 0.05) is 67.7 Å². The Morgan fingerprint density at radius 3 is 0.886 bits per heavy atom. The second-order valence-electron chi connectivity index (χ2n) is 22.0. The Kier molecular flexibility index (Phi) is 136. The highest BCUT2D eigenvalue weighted by molar-refractivity contribution is 7.92. The van der Waals surface area contributed by atoms with Crippen LogP contribution in [0.25, 0.3) is 0 Å². The fourth-order valence-electron chi connectivity index (χ4n) is 8.98. The SMILES string of the molecule is CC.CC.CC.CC.CC.CC.CC.CC.CC.CC.CC.CC.CC.CC.CC.CC.CC.CC.CC.CC.O=C(O)Cc1ccc(S(=O)(=O)CCC2=CC=NC2)cc1.O=C(O)Cc1ccc(S(=O)(=O)CCC2C=NC=N2)cc1.O=C(O)Cc1ccc(S(=O)(=O)CCc2cnc[nH]2)cc1.O=C(O)Cc1ccc(S(=O)(=O)CCc2nccs2)cc1.O=C(O)Cc1ccc(S(=O)(=O)CCn2ccnc2)cc1. The van der Waals surface area contributed by atoms with E-state index < -0.39 is 79.0 Å². The zero-order chi connectivity index (χ0) is 113. The van der Waals surface area contributed by atoms with E-state index in [1.807, 2.05) is 288 Å². The van der Waals surface area contributed by atoms with Gasteiger partial charge in [-0.25, -0.2) is 62.0 Å². The van der Waals surface area contributed by atoms with E-state index in [1.165, 1.54) is 133 Å². The highest BCUT2D eigenvalue weighted by atomic mass is 32.2. The number of benzene rings is 5. The quantitative estimate of drug-likeness (QED) is 0.0243. The minimum Gasteiger partial charge on any atom is -0.481 e. The molecular weight excluding hydrogens is 1900 g/mol. The molecule has 6 N–H and O–H groups in total. The number of sulfone groups is 5. The number of nitrogens with one attached hydrogen (secondary N) is 1. The van der Waals surface area contributed by atoms with Crippen molar-refractivity contribution in [3.05, 3.63) is 214 Å². The lowest BCUT2D eigenvalue weighted by molar-refractivity contribution is -0.137. The van der Waals surface area contributed by atoms with Gasteiger partial charge in [-0.3, -0.25) is 34.0 Å². The molecule has 5 aromatic carbocycles. The van der Waals surface area contributed by atoms with E-state index >= 15 is 0 Å². The molecule has 10 rings (SSSR count). The number of aromatic nitrogens is 5. The Morgan fingerprint density at radius 1 is 0.364 bits per heavy atom. The Bertz CT molecular complexity index is 4460. The van der Waals surface area contributed by atoms with Crippen LogP contribution in [0.1, 0.15) is 328 Å². The standard InChI is InChI=1S/C14H15NO4S.3C13H14N2O4S.C13H13NO4S2.20C2H6/c16-14(17)9-11-1-3-13(4-2-11)20(18,19)8-6-12-5-7-15-10-12;2*16-13(17)7-10-1-3-12(4-2-10)20(18,19)6-5-11-8-14-9-15-11;16-13(17)9-11-1-3-12(4-2-11)20(18,19)8-7-15-6-5-14-10-15;15-13(16)9-10-1-3-11(4-2-10)20(17,18)8-5-12-14-6-7-19-12;20*1-2/h1-5,7H,6,8-10H2,(H,16,17);1-4,8-9H,5-7H2,(H,14,15)(H,16,17);1-4,8-9,11H,5-7H2,(H,16,17);1-6,10H,7-9H2,(H,16,17);1-4,6-7H,5,8-9H2,(H,15,16);20*1-2H3. The van der Waals surface area contributed by atoms with Gasteiger partial charge in [0.05, 0.1) is 116 Å². The summed E-state index contributed by atoms with van der Waals surface area (Å²) in [6, 6.07) is 29.6. The third kappa shape index (κ3) is 85.9. The van der Waals surface area contributed by atoms with Crippen molar-refractivity contribution in [2.45, 2.75) is 372 Å². The van der Waals surface area contributed by atoms with Gasteiger partial charge in [0.15, 0.2) is 49.2 Å². The summed E-state index contributed by atoms with van der Waals surface area (Å²) in [5, 5.41) is 45.9. The van der Waals surface area contributed by atoms with Crippen LogP contribution in [0.3, 0.4) is 0 Å². The van der Waals surface area contributed by atoms with Gasteiger partial charge in [-0.1, -0.05) is 338 Å². The van der Waals surface area contributed by atoms with E-state index in [9.17, 15) is 66.1 Å². The lowest BCUT2D eigenvalue weighted by atomic mass is 10.2. The number of carboxylic acid groups (broad SMARTS) is 5. The molecule has 0 spiro atoms. The van der Waals surface area contributed by atoms with Gasteiger partial charge in [-0.05, 0) is 113 Å². The number of aryl methyl sites for hydroxylation is 3. The number of aliphatic carboxylic acids is 5. The molecule has 1 atom stereocenters. The number of hydrogen-bond donors (Lipinski definition) is 6. The number of aliphatic imine (C=N–C) groups is 3. The third-order valence-corrected chi connectivity index (χ3v) is 23.8. The fourth-order valence-corrected chi connectivity index (χ4v) is 16.1. The first-order chi connectivity index (χ1) is 67.4. The summed E-state index contributed by atoms with van der Waals surface area (Å²) in [6.45, 7) is 80.9. The van der Waals surface area contributed by atoms with Gasteiger partial charge in [0.1, 0.15) is 6.34 Å². The van der Waals surface area contributed by atoms with Crippen LogP contribution in [0.2, 0.25) is 0 Å². The predicted molar refractivity (Wildman–Crippen MR) is 598 cm³/mol. The van der Waals surface area contributed by atoms with Crippen LogP contribution in [-0.2, 0) is 125 Å². The molecule has 3 aromatic heterocycles. The molecule has 0 saturated carbocycles. The summed E-state index contributed by atoms with van der Waals surface area (Å²) < 4.78 is 123. The lowest BCUT2D eigenvalue weighted by Gasteiger charge is -2.06. The van der Waals surface area contributed by atoms with Crippen LogP contribution in [0.15, 0.2) is 215 Å².